The minimum atomic E-state index is -2.04. The number of esters is 1. The number of nitrogens with zero attached hydrogens (tertiary/aromatic N) is 2. The molecule has 352 valence electrons. The second-order valence-corrected chi connectivity index (χ2v) is 16.9. The third kappa shape index (κ3) is 9.03. The molecule has 2 aromatic heterocycles. The number of benzene rings is 2. The standard InChI is InChI=1S/C46H49FN8O12/c1-4-46(64)28-15-33-39-26(20-55(33)41(60)27(28)21-66-43(46)62)38-30(11-10-25-23(2)29(47)16-31(53-39)37(25)38)54-42(61)45(12-13-45)67-22-51-35(57)17-49-40(59)32(14-24-8-6-5-7-9-24)52-36(58)19-48-34(56)18-50-44(63)65-3/h5-9,15-16,30,32,64H,4,10-14,17-22H2,1-3H3,(H,48,56)(H,49,59)(H,50,63)(H,51,57)(H,52,58)(H,54,61)/t30-,32-,46-/m0/s1. The Labute approximate surface area is 381 Å². The first-order valence-electron chi connectivity index (χ1n) is 21.8. The molecule has 67 heavy (non-hydrogen) atoms. The van der Waals surface area contributed by atoms with Crippen LogP contribution in [0.4, 0.5) is 9.18 Å². The number of halogens is 1. The van der Waals surface area contributed by atoms with E-state index in [9.17, 15) is 43.5 Å². The molecule has 1 fully saturated rings. The number of carbonyl (C=O) groups is 7. The quantitative estimate of drug-likeness (QED) is 0.0528. The molecule has 0 radical (unpaired) electrons. The fourth-order valence-corrected chi connectivity index (χ4v) is 8.92. The summed E-state index contributed by atoms with van der Waals surface area (Å²) in [5.41, 5.74) is 0.748. The topological polar surface area (TPSA) is 274 Å². The molecule has 20 nitrogen and oxygen atoms in total. The Morgan fingerprint density at radius 1 is 0.955 bits per heavy atom. The van der Waals surface area contributed by atoms with Crippen molar-refractivity contribution in [2.75, 3.05) is 33.5 Å². The van der Waals surface area contributed by atoms with E-state index in [1.807, 2.05) is 0 Å². The number of carbonyl (C=O) groups excluding carboxylic acids is 7. The van der Waals surface area contributed by atoms with Gasteiger partial charge in [0.2, 0.25) is 23.6 Å². The summed E-state index contributed by atoms with van der Waals surface area (Å²) < 4.78 is 32.5. The maximum atomic E-state index is 15.4. The highest BCUT2D eigenvalue weighted by Gasteiger charge is 2.53. The van der Waals surface area contributed by atoms with Gasteiger partial charge in [-0.05, 0) is 67.3 Å². The van der Waals surface area contributed by atoms with E-state index in [1.165, 1.54) is 10.6 Å². The van der Waals surface area contributed by atoms with Crippen molar-refractivity contribution in [2.45, 2.75) is 88.8 Å². The zero-order valence-corrected chi connectivity index (χ0v) is 36.9. The lowest BCUT2D eigenvalue weighted by Gasteiger charge is -2.31. The monoisotopic (exact) mass is 924 g/mol. The number of rotatable bonds is 16. The Kier molecular flexibility index (Phi) is 12.8. The highest BCUT2D eigenvalue weighted by molar-refractivity contribution is 5.96. The van der Waals surface area contributed by atoms with Crippen LogP contribution in [0.2, 0.25) is 0 Å². The number of fused-ring (bicyclic) bond motifs is 5. The predicted octanol–water partition coefficient (Wildman–Crippen LogP) is 0.569. The lowest BCUT2D eigenvalue weighted by atomic mass is 9.81. The summed E-state index contributed by atoms with van der Waals surface area (Å²) in [6, 6.07) is 9.96. The van der Waals surface area contributed by atoms with Gasteiger partial charge in [0.25, 0.3) is 11.5 Å². The van der Waals surface area contributed by atoms with Crippen LogP contribution < -0.4 is 37.5 Å². The van der Waals surface area contributed by atoms with Crippen molar-refractivity contribution in [3.05, 3.63) is 97.6 Å². The van der Waals surface area contributed by atoms with E-state index in [1.54, 1.807) is 50.2 Å². The number of methoxy groups -OCH3 is 1. The predicted molar refractivity (Wildman–Crippen MR) is 233 cm³/mol. The van der Waals surface area contributed by atoms with Crippen LogP contribution in [0.15, 0.2) is 47.3 Å². The Morgan fingerprint density at radius 2 is 1.67 bits per heavy atom. The molecule has 2 aliphatic heterocycles. The molecular formula is C46H49FN8O12. The molecule has 21 heteroatoms. The smallest absolute Gasteiger partial charge is 0.407 e. The van der Waals surface area contributed by atoms with E-state index in [-0.39, 0.29) is 43.9 Å². The zero-order valence-electron chi connectivity index (χ0n) is 36.9. The Bertz CT molecular complexity index is 2790. The van der Waals surface area contributed by atoms with Crippen molar-refractivity contribution in [3.8, 4) is 11.4 Å². The third-order valence-electron chi connectivity index (χ3n) is 12.8. The highest BCUT2D eigenvalue weighted by Crippen LogP contribution is 2.47. The molecule has 7 N–H and O–H groups in total. The molecule has 4 aliphatic rings. The van der Waals surface area contributed by atoms with E-state index in [4.69, 9.17) is 14.5 Å². The van der Waals surface area contributed by atoms with Gasteiger partial charge in [0.1, 0.15) is 37.3 Å². The van der Waals surface area contributed by atoms with E-state index >= 15 is 4.39 Å². The number of aromatic nitrogens is 2. The number of hydrogen-bond acceptors (Lipinski definition) is 13. The number of alkyl carbamates (subject to hydrolysis) is 1. The van der Waals surface area contributed by atoms with Crippen LogP contribution in [0.5, 0.6) is 0 Å². The molecule has 0 unspecified atom stereocenters. The van der Waals surface area contributed by atoms with Crippen LogP contribution >= 0.6 is 0 Å². The van der Waals surface area contributed by atoms with Gasteiger partial charge in [-0.1, -0.05) is 37.3 Å². The second kappa shape index (κ2) is 18.6. The number of pyridine rings is 2. The number of aryl methyl sites for hydroxylation is 1. The molecule has 8 rings (SSSR count). The summed E-state index contributed by atoms with van der Waals surface area (Å²) in [5.74, 6) is -4.47. The maximum Gasteiger partial charge on any atom is 0.407 e. The summed E-state index contributed by atoms with van der Waals surface area (Å²) in [5, 5.41) is 27.3. The van der Waals surface area contributed by atoms with Gasteiger partial charge in [0.15, 0.2) is 5.60 Å². The van der Waals surface area contributed by atoms with Crippen molar-refractivity contribution >= 4 is 52.5 Å². The average Bonchev–Trinajstić information content (AvgIpc) is 4.03. The molecule has 0 saturated heterocycles. The van der Waals surface area contributed by atoms with Crippen molar-refractivity contribution in [1.82, 2.24) is 41.5 Å². The summed E-state index contributed by atoms with van der Waals surface area (Å²) in [4.78, 5) is 108. The summed E-state index contributed by atoms with van der Waals surface area (Å²) in [6.07, 6.45) is 0.683. The Balaban J connectivity index is 0.920. The molecule has 1 saturated carbocycles. The summed E-state index contributed by atoms with van der Waals surface area (Å²) in [6.45, 7) is 1.23. The van der Waals surface area contributed by atoms with Crippen molar-refractivity contribution in [2.24, 2.45) is 0 Å². The van der Waals surface area contributed by atoms with Crippen LogP contribution in [0.3, 0.4) is 0 Å². The fourth-order valence-electron chi connectivity index (χ4n) is 8.92. The lowest BCUT2D eigenvalue weighted by Crippen LogP contribution is -2.52. The van der Waals surface area contributed by atoms with Crippen LogP contribution in [0.25, 0.3) is 22.3 Å². The first-order valence-corrected chi connectivity index (χ1v) is 21.8. The molecule has 0 spiro atoms. The Morgan fingerprint density at radius 3 is 2.39 bits per heavy atom. The van der Waals surface area contributed by atoms with Gasteiger partial charge in [0, 0.05) is 29.0 Å². The maximum absolute atomic E-state index is 15.4. The van der Waals surface area contributed by atoms with Crippen LogP contribution in [0, 0.1) is 12.7 Å². The van der Waals surface area contributed by atoms with Gasteiger partial charge < -0.3 is 55.8 Å². The minimum Gasteiger partial charge on any atom is -0.458 e. The van der Waals surface area contributed by atoms with Crippen molar-refractivity contribution in [3.63, 3.8) is 0 Å². The zero-order chi connectivity index (χ0) is 47.8. The average molecular weight is 925 g/mol. The first-order chi connectivity index (χ1) is 32.1. The largest absolute Gasteiger partial charge is 0.458 e. The second-order valence-electron chi connectivity index (χ2n) is 16.9. The van der Waals surface area contributed by atoms with Gasteiger partial charge in [-0.15, -0.1) is 0 Å². The molecule has 2 aliphatic carbocycles. The minimum absolute atomic E-state index is 0.0415. The number of nitrogens with one attached hydrogen (secondary N) is 6. The number of hydrogen-bond donors (Lipinski definition) is 7. The normalized spacial score (nSPS) is 18.5. The van der Waals surface area contributed by atoms with Gasteiger partial charge in [-0.3, -0.25) is 28.8 Å². The number of ether oxygens (including phenoxy) is 3. The first kappa shape index (κ1) is 46.3. The molecule has 4 heterocycles. The van der Waals surface area contributed by atoms with E-state index in [0.717, 1.165) is 12.7 Å². The fraction of sp³-hybridized carbons (Fsp3) is 0.413. The molecule has 3 atom stereocenters. The highest BCUT2D eigenvalue weighted by atomic mass is 19.1. The summed E-state index contributed by atoms with van der Waals surface area (Å²) in [7, 11) is 1.13. The van der Waals surface area contributed by atoms with E-state index in [2.05, 4.69) is 36.6 Å². The molecule has 6 amide bonds. The van der Waals surface area contributed by atoms with Crippen LogP contribution in [-0.2, 0) is 74.6 Å². The number of cyclic esters (lactones) is 1. The van der Waals surface area contributed by atoms with Crippen molar-refractivity contribution in [1.29, 1.82) is 0 Å². The van der Waals surface area contributed by atoms with Gasteiger partial charge in [0.05, 0.1) is 55.3 Å². The van der Waals surface area contributed by atoms with Crippen molar-refractivity contribution < 1.29 is 57.3 Å². The SMILES string of the molecule is CC[C@@]1(O)C(=O)OCc2c1cc1n(c2=O)Cc2c-1nc1cc(F)c(C)c3c1c2[C@@H](NC(=O)C1(OCNC(=O)CNC(=O)[C@H](Cc2ccccc2)NC(=O)CNC(=O)CNC(=O)OC)CC1)CC3. The molecule has 4 aromatic rings. The van der Waals surface area contributed by atoms with E-state index < -0.39 is 95.9 Å². The van der Waals surface area contributed by atoms with Crippen LogP contribution in [0.1, 0.15) is 77.6 Å². The molecule has 0 bridgehead atoms. The molecular weight excluding hydrogens is 876 g/mol. The van der Waals surface area contributed by atoms with Crippen LogP contribution in [-0.4, -0.2) is 101 Å². The third-order valence-corrected chi connectivity index (χ3v) is 12.8. The molecule has 2 aromatic carbocycles. The number of amides is 6. The van der Waals surface area contributed by atoms with Gasteiger partial charge >= 0.3 is 12.1 Å². The Hall–Kier alpha value is -7.26. The lowest BCUT2D eigenvalue weighted by molar-refractivity contribution is -0.172. The van der Waals surface area contributed by atoms with E-state index in [0.29, 0.717) is 70.2 Å². The number of aliphatic hydroxyl groups is 1. The van der Waals surface area contributed by atoms with Gasteiger partial charge in [-0.2, -0.15) is 0 Å². The summed E-state index contributed by atoms with van der Waals surface area (Å²) >= 11 is 0. The van der Waals surface area contributed by atoms with Gasteiger partial charge in [-0.25, -0.2) is 19.0 Å².